The molecule has 0 unspecified atom stereocenters. The van der Waals surface area contributed by atoms with Crippen molar-refractivity contribution >= 4 is 11.3 Å². The van der Waals surface area contributed by atoms with E-state index in [1.54, 1.807) is 11.3 Å². The van der Waals surface area contributed by atoms with Gasteiger partial charge in [-0.25, -0.2) is 4.98 Å². The van der Waals surface area contributed by atoms with Crippen molar-refractivity contribution < 1.29 is 9.52 Å². The minimum atomic E-state index is -0.0765. The van der Waals surface area contributed by atoms with E-state index < -0.39 is 0 Å². The Balaban J connectivity index is 2.48. The second-order valence-electron chi connectivity index (χ2n) is 2.91. The first-order chi connectivity index (χ1) is 6.86. The first-order valence-corrected chi connectivity index (χ1v) is 5.34. The van der Waals surface area contributed by atoms with Crippen molar-refractivity contribution in [3.05, 3.63) is 29.1 Å². The molecule has 0 aliphatic rings. The van der Waals surface area contributed by atoms with E-state index in [1.807, 2.05) is 5.38 Å². The summed E-state index contributed by atoms with van der Waals surface area (Å²) in [4.78, 5) is 5.03. The first kappa shape index (κ1) is 9.43. The molecule has 0 aliphatic heterocycles. The molecule has 2 heterocycles. The summed E-state index contributed by atoms with van der Waals surface area (Å²) in [5.74, 6) is 0.708. The maximum atomic E-state index is 9.05. The van der Waals surface area contributed by atoms with Crippen molar-refractivity contribution in [2.45, 2.75) is 20.0 Å². The predicted octanol–water partition coefficient (Wildman–Crippen LogP) is 2.46. The molecular formula is C10H11NO2S. The fourth-order valence-corrected chi connectivity index (χ4v) is 2.38. The molecule has 0 atom stereocenters. The number of rotatable bonds is 3. The summed E-state index contributed by atoms with van der Waals surface area (Å²) in [5.41, 5.74) is 1.85. The highest BCUT2D eigenvalue weighted by atomic mass is 32.1. The smallest absolute Gasteiger partial charge is 0.181 e. The highest BCUT2D eigenvalue weighted by Crippen LogP contribution is 2.32. The van der Waals surface area contributed by atoms with Gasteiger partial charge in [-0.2, -0.15) is 0 Å². The first-order valence-electron chi connectivity index (χ1n) is 4.46. The van der Waals surface area contributed by atoms with E-state index in [1.165, 1.54) is 12.0 Å². The van der Waals surface area contributed by atoms with Crippen LogP contribution in [0.15, 0.2) is 22.3 Å². The largest absolute Gasteiger partial charge is 0.442 e. The van der Waals surface area contributed by atoms with Crippen LogP contribution >= 0.6 is 11.3 Å². The van der Waals surface area contributed by atoms with E-state index in [-0.39, 0.29) is 6.61 Å². The van der Waals surface area contributed by atoms with Crippen LogP contribution in [-0.4, -0.2) is 10.1 Å². The number of nitrogens with zero attached hydrogens (tertiary/aromatic N) is 1. The van der Waals surface area contributed by atoms with Crippen molar-refractivity contribution in [2.24, 2.45) is 0 Å². The van der Waals surface area contributed by atoms with Gasteiger partial charge in [-0.15, -0.1) is 11.3 Å². The Morgan fingerprint density at radius 2 is 2.43 bits per heavy atom. The van der Waals surface area contributed by atoms with Crippen LogP contribution in [0.3, 0.4) is 0 Å². The maximum Gasteiger partial charge on any atom is 0.181 e. The van der Waals surface area contributed by atoms with Crippen LogP contribution in [0.4, 0.5) is 0 Å². The van der Waals surface area contributed by atoms with Gasteiger partial charge in [-0.3, -0.25) is 0 Å². The van der Waals surface area contributed by atoms with Gasteiger partial charge in [0.1, 0.15) is 5.69 Å². The molecule has 14 heavy (non-hydrogen) atoms. The van der Waals surface area contributed by atoms with Crippen molar-refractivity contribution in [1.82, 2.24) is 4.98 Å². The molecule has 0 aromatic carbocycles. The van der Waals surface area contributed by atoms with E-state index in [2.05, 4.69) is 18.0 Å². The molecule has 0 amide bonds. The average molecular weight is 209 g/mol. The summed E-state index contributed by atoms with van der Waals surface area (Å²) in [6.45, 7) is 2.02. The molecule has 1 N–H and O–H groups in total. The van der Waals surface area contributed by atoms with Gasteiger partial charge in [0.05, 0.1) is 11.5 Å². The minimum absolute atomic E-state index is 0.0765. The molecule has 0 saturated heterocycles. The third-order valence-corrected chi connectivity index (χ3v) is 3.08. The van der Waals surface area contributed by atoms with E-state index in [9.17, 15) is 0 Å². The zero-order valence-corrected chi connectivity index (χ0v) is 8.67. The van der Waals surface area contributed by atoms with Gasteiger partial charge in [0, 0.05) is 0 Å². The molecule has 0 saturated carbocycles. The molecule has 4 heteroatoms. The number of hydrogen-bond acceptors (Lipinski definition) is 4. The van der Waals surface area contributed by atoms with Gasteiger partial charge in [0.25, 0.3) is 0 Å². The number of aliphatic hydroxyl groups is 1. The van der Waals surface area contributed by atoms with Gasteiger partial charge in [-0.1, -0.05) is 6.92 Å². The van der Waals surface area contributed by atoms with Gasteiger partial charge < -0.3 is 9.52 Å². The quantitative estimate of drug-likeness (QED) is 0.844. The standard InChI is InChI=1S/C10H11NO2S/c1-2-7-3-4-14-10(7)9-8(5-12)11-6-13-9/h3-4,6,12H,2,5H2,1H3. The summed E-state index contributed by atoms with van der Waals surface area (Å²) >= 11 is 1.62. The Kier molecular flexibility index (Phi) is 2.65. The van der Waals surface area contributed by atoms with E-state index >= 15 is 0 Å². The number of aryl methyl sites for hydroxylation is 1. The summed E-state index contributed by atoms with van der Waals surface area (Å²) in [5, 5.41) is 11.1. The molecule has 2 rings (SSSR count). The highest BCUT2D eigenvalue weighted by molar-refractivity contribution is 7.13. The van der Waals surface area contributed by atoms with Crippen LogP contribution in [0, 0.1) is 0 Å². The van der Waals surface area contributed by atoms with E-state index in [4.69, 9.17) is 9.52 Å². The highest BCUT2D eigenvalue weighted by Gasteiger charge is 2.14. The number of thiophene rings is 1. The minimum Gasteiger partial charge on any atom is -0.442 e. The van der Waals surface area contributed by atoms with E-state index in [0.717, 1.165) is 11.3 Å². The van der Waals surface area contributed by atoms with Gasteiger partial charge >= 0.3 is 0 Å². The summed E-state index contributed by atoms with van der Waals surface area (Å²) < 4.78 is 5.28. The number of aliphatic hydroxyl groups excluding tert-OH is 1. The Bertz CT molecular complexity index is 379. The summed E-state index contributed by atoms with van der Waals surface area (Å²) in [7, 11) is 0. The zero-order chi connectivity index (χ0) is 9.97. The lowest BCUT2D eigenvalue weighted by molar-refractivity contribution is 0.277. The van der Waals surface area contributed by atoms with Crippen molar-refractivity contribution in [1.29, 1.82) is 0 Å². The second-order valence-corrected chi connectivity index (χ2v) is 3.83. The normalized spacial score (nSPS) is 10.7. The maximum absolute atomic E-state index is 9.05. The SMILES string of the molecule is CCc1ccsc1-c1ocnc1CO. The van der Waals surface area contributed by atoms with Gasteiger partial charge in [0.15, 0.2) is 12.2 Å². The molecule has 0 bridgehead atoms. The lowest BCUT2D eigenvalue weighted by atomic mass is 10.1. The second kappa shape index (κ2) is 3.94. The molecule has 0 spiro atoms. The van der Waals surface area contributed by atoms with E-state index in [0.29, 0.717) is 11.5 Å². The fourth-order valence-electron chi connectivity index (χ4n) is 1.38. The number of oxazole rings is 1. The van der Waals surface area contributed by atoms with Crippen LogP contribution in [-0.2, 0) is 13.0 Å². The molecule has 0 aliphatic carbocycles. The molecule has 3 nitrogen and oxygen atoms in total. The molecule has 0 fully saturated rings. The fraction of sp³-hybridized carbons (Fsp3) is 0.300. The monoisotopic (exact) mass is 209 g/mol. The predicted molar refractivity (Wildman–Crippen MR) is 55.1 cm³/mol. The lowest BCUT2D eigenvalue weighted by Crippen LogP contribution is -1.87. The zero-order valence-electron chi connectivity index (χ0n) is 7.86. The molecular weight excluding hydrogens is 198 g/mol. The molecule has 2 aromatic heterocycles. The van der Waals surface area contributed by atoms with Gasteiger partial charge in [0.2, 0.25) is 0 Å². The Hall–Kier alpha value is -1.13. The van der Waals surface area contributed by atoms with Crippen molar-refractivity contribution in [3.63, 3.8) is 0 Å². The number of aromatic nitrogens is 1. The molecule has 74 valence electrons. The lowest BCUT2D eigenvalue weighted by Gasteiger charge is -1.98. The topological polar surface area (TPSA) is 46.3 Å². The molecule has 2 aromatic rings. The van der Waals surface area contributed by atoms with Crippen molar-refractivity contribution in [3.8, 4) is 10.6 Å². The van der Waals surface area contributed by atoms with Crippen LogP contribution in [0.1, 0.15) is 18.2 Å². The third kappa shape index (κ3) is 1.47. The summed E-state index contributed by atoms with van der Waals surface area (Å²) in [6.07, 6.45) is 2.34. The Morgan fingerprint density at radius 3 is 3.14 bits per heavy atom. The summed E-state index contributed by atoms with van der Waals surface area (Å²) in [6, 6.07) is 2.07. The third-order valence-electron chi connectivity index (χ3n) is 2.12. The number of hydrogen-bond donors (Lipinski definition) is 1. The Morgan fingerprint density at radius 1 is 1.57 bits per heavy atom. The molecule has 0 radical (unpaired) electrons. The van der Waals surface area contributed by atoms with Gasteiger partial charge in [-0.05, 0) is 23.4 Å². The van der Waals surface area contributed by atoms with Crippen LogP contribution in [0.25, 0.3) is 10.6 Å². The van der Waals surface area contributed by atoms with Crippen LogP contribution < -0.4 is 0 Å². The van der Waals surface area contributed by atoms with Crippen LogP contribution in [0.2, 0.25) is 0 Å². The van der Waals surface area contributed by atoms with Crippen molar-refractivity contribution in [2.75, 3.05) is 0 Å². The Labute approximate surface area is 86.0 Å². The van der Waals surface area contributed by atoms with Crippen LogP contribution in [0.5, 0.6) is 0 Å². The average Bonchev–Trinajstić information content (AvgIpc) is 2.85.